The SMILES string of the molecule is CCNC(C)C(C)(C)CN(C)CCc1cccs1. The van der Waals surface area contributed by atoms with Gasteiger partial charge in [-0.25, -0.2) is 0 Å². The van der Waals surface area contributed by atoms with E-state index >= 15 is 0 Å². The Morgan fingerprint density at radius 2 is 2.17 bits per heavy atom. The van der Waals surface area contributed by atoms with Crippen molar-refractivity contribution >= 4 is 11.3 Å². The van der Waals surface area contributed by atoms with Gasteiger partial charge in [0.2, 0.25) is 0 Å². The summed E-state index contributed by atoms with van der Waals surface area (Å²) >= 11 is 1.86. The second-order valence-electron chi connectivity index (χ2n) is 5.84. The zero-order valence-electron chi connectivity index (χ0n) is 12.5. The summed E-state index contributed by atoms with van der Waals surface area (Å²) in [5.74, 6) is 0. The summed E-state index contributed by atoms with van der Waals surface area (Å²) in [5, 5.41) is 5.70. The molecule has 0 saturated carbocycles. The summed E-state index contributed by atoms with van der Waals surface area (Å²) in [6.07, 6.45) is 1.17. The van der Waals surface area contributed by atoms with Crippen molar-refractivity contribution in [1.82, 2.24) is 10.2 Å². The van der Waals surface area contributed by atoms with Crippen molar-refractivity contribution in [3.8, 4) is 0 Å². The molecular formula is C15H28N2S. The quantitative estimate of drug-likeness (QED) is 0.778. The molecule has 104 valence electrons. The molecule has 0 amide bonds. The van der Waals surface area contributed by atoms with Gasteiger partial charge in [-0.05, 0) is 43.8 Å². The highest BCUT2D eigenvalue weighted by atomic mass is 32.1. The van der Waals surface area contributed by atoms with Gasteiger partial charge in [0.25, 0.3) is 0 Å². The standard InChI is InChI=1S/C15H28N2S/c1-6-16-13(2)15(3,4)12-17(5)10-9-14-8-7-11-18-14/h7-8,11,13,16H,6,9-10,12H2,1-5H3. The third-order valence-corrected chi connectivity index (χ3v) is 4.62. The molecule has 1 N–H and O–H groups in total. The van der Waals surface area contributed by atoms with Gasteiger partial charge in [0, 0.05) is 24.0 Å². The van der Waals surface area contributed by atoms with Gasteiger partial charge in [-0.15, -0.1) is 11.3 Å². The highest BCUT2D eigenvalue weighted by molar-refractivity contribution is 7.09. The van der Waals surface area contributed by atoms with E-state index in [-0.39, 0.29) is 0 Å². The van der Waals surface area contributed by atoms with Crippen LogP contribution in [0.3, 0.4) is 0 Å². The van der Waals surface area contributed by atoms with Crippen molar-refractivity contribution in [1.29, 1.82) is 0 Å². The molecule has 1 heterocycles. The maximum Gasteiger partial charge on any atom is 0.0102 e. The van der Waals surface area contributed by atoms with Gasteiger partial charge in [-0.3, -0.25) is 0 Å². The van der Waals surface area contributed by atoms with E-state index in [1.54, 1.807) is 0 Å². The van der Waals surface area contributed by atoms with Gasteiger partial charge < -0.3 is 10.2 Å². The summed E-state index contributed by atoms with van der Waals surface area (Å²) in [6, 6.07) is 4.91. The van der Waals surface area contributed by atoms with Gasteiger partial charge in [0.1, 0.15) is 0 Å². The lowest BCUT2D eigenvalue weighted by Crippen LogP contribution is -2.46. The minimum absolute atomic E-state index is 0.306. The van der Waals surface area contributed by atoms with Crippen molar-refractivity contribution in [2.45, 2.75) is 40.2 Å². The van der Waals surface area contributed by atoms with Crippen LogP contribution in [0.25, 0.3) is 0 Å². The molecule has 0 aliphatic rings. The zero-order chi connectivity index (χ0) is 13.6. The van der Waals surface area contributed by atoms with Crippen LogP contribution >= 0.6 is 11.3 Å². The average molecular weight is 268 g/mol. The lowest BCUT2D eigenvalue weighted by Gasteiger charge is -2.36. The number of nitrogens with one attached hydrogen (secondary N) is 1. The molecule has 3 heteroatoms. The van der Waals surface area contributed by atoms with E-state index in [4.69, 9.17) is 0 Å². The minimum Gasteiger partial charge on any atom is -0.314 e. The molecule has 0 saturated heterocycles. The highest BCUT2D eigenvalue weighted by Crippen LogP contribution is 2.22. The van der Waals surface area contributed by atoms with Crippen LogP contribution in [-0.2, 0) is 6.42 Å². The summed E-state index contributed by atoms with van der Waals surface area (Å²) in [5.41, 5.74) is 0.306. The first-order chi connectivity index (χ1) is 8.45. The monoisotopic (exact) mass is 268 g/mol. The van der Waals surface area contributed by atoms with Crippen LogP contribution < -0.4 is 5.32 Å². The van der Waals surface area contributed by atoms with E-state index in [2.05, 4.69) is 62.5 Å². The fourth-order valence-electron chi connectivity index (χ4n) is 2.25. The lowest BCUT2D eigenvalue weighted by atomic mass is 9.85. The zero-order valence-corrected chi connectivity index (χ0v) is 13.3. The van der Waals surface area contributed by atoms with E-state index in [0.717, 1.165) is 19.6 Å². The average Bonchev–Trinajstić information content (AvgIpc) is 2.79. The molecule has 0 radical (unpaired) electrons. The fraction of sp³-hybridized carbons (Fsp3) is 0.733. The molecule has 2 nitrogen and oxygen atoms in total. The molecule has 1 unspecified atom stereocenters. The summed E-state index contributed by atoms with van der Waals surface area (Å²) in [7, 11) is 2.23. The summed E-state index contributed by atoms with van der Waals surface area (Å²) in [6.45, 7) is 12.5. The van der Waals surface area contributed by atoms with Gasteiger partial charge in [0.15, 0.2) is 0 Å². The molecular weight excluding hydrogens is 240 g/mol. The van der Waals surface area contributed by atoms with Crippen LogP contribution in [0.5, 0.6) is 0 Å². The maximum atomic E-state index is 3.54. The minimum atomic E-state index is 0.306. The van der Waals surface area contributed by atoms with Crippen LogP contribution in [0, 0.1) is 5.41 Å². The molecule has 0 aliphatic carbocycles. The number of hydrogen-bond acceptors (Lipinski definition) is 3. The molecule has 0 aromatic carbocycles. The molecule has 1 aromatic rings. The van der Waals surface area contributed by atoms with E-state index in [1.165, 1.54) is 11.3 Å². The van der Waals surface area contributed by atoms with E-state index in [9.17, 15) is 0 Å². The maximum absolute atomic E-state index is 3.54. The molecule has 0 bridgehead atoms. The van der Waals surface area contributed by atoms with Gasteiger partial charge >= 0.3 is 0 Å². The molecule has 0 fully saturated rings. The molecule has 1 atom stereocenters. The van der Waals surface area contributed by atoms with Crippen molar-refractivity contribution in [2.75, 3.05) is 26.7 Å². The third-order valence-electron chi connectivity index (χ3n) is 3.68. The predicted molar refractivity (Wildman–Crippen MR) is 82.4 cm³/mol. The Morgan fingerprint density at radius 1 is 1.44 bits per heavy atom. The van der Waals surface area contributed by atoms with Gasteiger partial charge in [0.05, 0.1) is 0 Å². The van der Waals surface area contributed by atoms with E-state index in [1.807, 2.05) is 11.3 Å². The number of likely N-dealkylation sites (N-methyl/N-ethyl adjacent to an activating group) is 1. The molecule has 0 aliphatic heterocycles. The first-order valence-corrected chi connectivity index (χ1v) is 7.78. The van der Waals surface area contributed by atoms with Crippen molar-refractivity contribution < 1.29 is 0 Å². The summed E-state index contributed by atoms with van der Waals surface area (Å²) < 4.78 is 0. The number of rotatable bonds is 8. The van der Waals surface area contributed by atoms with E-state index < -0.39 is 0 Å². The van der Waals surface area contributed by atoms with Crippen molar-refractivity contribution in [3.05, 3.63) is 22.4 Å². The molecule has 18 heavy (non-hydrogen) atoms. The number of thiophene rings is 1. The topological polar surface area (TPSA) is 15.3 Å². The first-order valence-electron chi connectivity index (χ1n) is 6.90. The normalized spacial score (nSPS) is 14.1. The van der Waals surface area contributed by atoms with Crippen LogP contribution in [0.2, 0.25) is 0 Å². The smallest absolute Gasteiger partial charge is 0.0102 e. The Kier molecular flexibility index (Phi) is 6.33. The van der Waals surface area contributed by atoms with Crippen molar-refractivity contribution in [3.63, 3.8) is 0 Å². The van der Waals surface area contributed by atoms with Crippen LogP contribution in [0.4, 0.5) is 0 Å². The summed E-state index contributed by atoms with van der Waals surface area (Å²) in [4.78, 5) is 3.94. The second kappa shape index (κ2) is 7.27. The second-order valence-corrected chi connectivity index (χ2v) is 6.87. The van der Waals surface area contributed by atoms with Crippen molar-refractivity contribution in [2.24, 2.45) is 5.41 Å². The molecule has 0 spiro atoms. The Morgan fingerprint density at radius 3 is 2.72 bits per heavy atom. The number of nitrogens with zero attached hydrogens (tertiary/aromatic N) is 1. The predicted octanol–water partition coefficient (Wildman–Crippen LogP) is 3.25. The Bertz CT molecular complexity index is 319. The fourth-order valence-corrected chi connectivity index (χ4v) is 2.95. The number of hydrogen-bond donors (Lipinski definition) is 1. The van der Waals surface area contributed by atoms with Gasteiger partial charge in [-0.2, -0.15) is 0 Å². The van der Waals surface area contributed by atoms with Crippen LogP contribution in [-0.4, -0.2) is 37.6 Å². The third kappa shape index (κ3) is 5.09. The Balaban J connectivity index is 2.36. The lowest BCUT2D eigenvalue weighted by molar-refractivity contribution is 0.167. The van der Waals surface area contributed by atoms with E-state index in [0.29, 0.717) is 11.5 Å². The molecule has 1 aromatic heterocycles. The highest BCUT2D eigenvalue weighted by Gasteiger charge is 2.26. The van der Waals surface area contributed by atoms with Gasteiger partial charge in [-0.1, -0.05) is 26.8 Å². The largest absolute Gasteiger partial charge is 0.314 e. The Hall–Kier alpha value is -0.380. The first kappa shape index (κ1) is 15.7. The van der Waals surface area contributed by atoms with Crippen LogP contribution in [0.1, 0.15) is 32.6 Å². The Labute approximate surface area is 116 Å². The van der Waals surface area contributed by atoms with Crippen LogP contribution in [0.15, 0.2) is 17.5 Å². The molecule has 1 rings (SSSR count).